The Bertz CT molecular complexity index is 1140. The van der Waals surface area contributed by atoms with Crippen LogP contribution in [-0.2, 0) is 16.1 Å². The zero-order valence-corrected chi connectivity index (χ0v) is 24.3. The first-order valence-electron chi connectivity index (χ1n) is 13.8. The Balaban J connectivity index is 2.00. The van der Waals surface area contributed by atoms with Gasteiger partial charge in [0.15, 0.2) is 17.1 Å². The minimum absolute atomic E-state index is 0.0589. The Morgan fingerprint density at radius 3 is 2.10 bits per heavy atom. The number of nitrogens with one attached hydrogen (secondary N) is 1. The number of nitrogens with zero attached hydrogens (tertiary/aromatic N) is 1. The third kappa shape index (κ3) is 7.78. The number of ether oxygens (including phenoxy) is 5. The second-order valence-corrected chi connectivity index (χ2v) is 9.92. The highest BCUT2D eigenvalue weighted by molar-refractivity contribution is 5.95. The average molecular weight is 561 g/mol. The fraction of sp³-hybridized carbons (Fsp3) is 0.533. The third-order valence-corrected chi connectivity index (χ3v) is 6.53. The second-order valence-electron chi connectivity index (χ2n) is 9.92. The number of amides is 1. The van der Waals surface area contributed by atoms with E-state index in [-0.39, 0.29) is 49.8 Å². The summed E-state index contributed by atoms with van der Waals surface area (Å²) in [4.78, 5) is 28.3. The highest BCUT2D eigenvalue weighted by Gasteiger charge is 2.33. The van der Waals surface area contributed by atoms with E-state index < -0.39 is 17.4 Å². The van der Waals surface area contributed by atoms with Crippen LogP contribution in [0.2, 0.25) is 0 Å². The van der Waals surface area contributed by atoms with Crippen molar-refractivity contribution in [2.45, 2.75) is 65.6 Å². The Kier molecular flexibility index (Phi) is 11.0. The highest BCUT2D eigenvalue weighted by atomic mass is 19.1. The predicted molar refractivity (Wildman–Crippen MR) is 149 cm³/mol. The molecule has 0 atom stereocenters. The molecule has 220 valence electrons. The van der Waals surface area contributed by atoms with Crippen LogP contribution in [0.1, 0.15) is 63.4 Å². The number of carbonyl (C=O) groups excluding carboxylic acids is 2. The van der Waals surface area contributed by atoms with Gasteiger partial charge in [0.05, 0.1) is 26.9 Å². The predicted octanol–water partition coefficient (Wildman–Crippen LogP) is 4.75. The molecule has 0 aromatic heterocycles. The largest absolute Gasteiger partial charge is 0.497 e. The molecule has 40 heavy (non-hydrogen) atoms. The minimum Gasteiger partial charge on any atom is -0.497 e. The smallest absolute Gasteiger partial charge is 0.349 e. The number of benzene rings is 2. The van der Waals surface area contributed by atoms with Crippen LogP contribution in [0.4, 0.5) is 4.39 Å². The molecule has 2 aromatic carbocycles. The lowest BCUT2D eigenvalue weighted by atomic mass is 10.0. The first kappa shape index (κ1) is 31.0. The fourth-order valence-electron chi connectivity index (χ4n) is 4.60. The standard InChI is InChI=1S/C30H41FN2O7/c1-7-37-25-14-20(15-26(27(25)31)38-8-2)19-33(22-10-12-32-13-11-22)28(34)21-16-23(36-6)18-24(17-21)40-30(4,5)29(35)39-9-3/h14-18,22,32H,7-13,19H2,1-6H3. The molecular formula is C30H41FN2O7. The van der Waals surface area contributed by atoms with E-state index in [1.807, 2.05) is 0 Å². The van der Waals surface area contributed by atoms with E-state index in [1.165, 1.54) is 7.11 Å². The zero-order chi connectivity index (χ0) is 29.3. The topological polar surface area (TPSA) is 95.6 Å². The summed E-state index contributed by atoms with van der Waals surface area (Å²) < 4.78 is 42.5. The maximum atomic E-state index is 14.9. The number of halogens is 1. The summed E-state index contributed by atoms with van der Waals surface area (Å²) in [5.74, 6) is -0.460. The van der Waals surface area contributed by atoms with E-state index in [0.717, 1.165) is 25.9 Å². The van der Waals surface area contributed by atoms with Crippen molar-refractivity contribution >= 4 is 11.9 Å². The molecule has 0 bridgehead atoms. The Hall–Kier alpha value is -3.53. The number of hydrogen-bond acceptors (Lipinski definition) is 8. The first-order valence-corrected chi connectivity index (χ1v) is 13.8. The van der Waals surface area contributed by atoms with Crippen LogP contribution >= 0.6 is 0 Å². The molecule has 0 spiro atoms. The molecule has 1 N–H and O–H groups in total. The van der Waals surface area contributed by atoms with Gasteiger partial charge in [-0.2, -0.15) is 4.39 Å². The molecular weight excluding hydrogens is 519 g/mol. The summed E-state index contributed by atoms with van der Waals surface area (Å²) in [6, 6.07) is 8.03. The van der Waals surface area contributed by atoms with Gasteiger partial charge < -0.3 is 33.9 Å². The minimum atomic E-state index is -1.28. The van der Waals surface area contributed by atoms with E-state index >= 15 is 0 Å². The maximum absolute atomic E-state index is 14.9. The van der Waals surface area contributed by atoms with Gasteiger partial charge in [0, 0.05) is 24.2 Å². The van der Waals surface area contributed by atoms with Gasteiger partial charge in [-0.25, -0.2) is 4.79 Å². The third-order valence-electron chi connectivity index (χ3n) is 6.53. The van der Waals surface area contributed by atoms with Crippen molar-refractivity contribution in [3.05, 3.63) is 47.3 Å². The molecule has 1 amide bonds. The van der Waals surface area contributed by atoms with Crippen LogP contribution in [0.25, 0.3) is 0 Å². The maximum Gasteiger partial charge on any atom is 0.349 e. The van der Waals surface area contributed by atoms with Crippen molar-refractivity contribution < 1.29 is 37.7 Å². The van der Waals surface area contributed by atoms with E-state index in [1.54, 1.807) is 69.9 Å². The van der Waals surface area contributed by atoms with Gasteiger partial charge in [-0.3, -0.25) is 4.79 Å². The zero-order valence-electron chi connectivity index (χ0n) is 24.3. The summed E-state index contributed by atoms with van der Waals surface area (Å²) in [6.07, 6.45) is 1.51. The van der Waals surface area contributed by atoms with Gasteiger partial charge in [-0.15, -0.1) is 0 Å². The van der Waals surface area contributed by atoms with E-state index in [4.69, 9.17) is 23.7 Å². The van der Waals surface area contributed by atoms with Gasteiger partial charge in [-0.05, 0) is 90.4 Å². The van der Waals surface area contributed by atoms with Gasteiger partial charge in [0.1, 0.15) is 11.5 Å². The quantitative estimate of drug-likeness (QED) is 0.351. The number of carbonyl (C=O) groups is 2. The lowest BCUT2D eigenvalue weighted by Gasteiger charge is -2.35. The van der Waals surface area contributed by atoms with Crippen molar-refractivity contribution in [2.24, 2.45) is 0 Å². The molecule has 0 saturated carbocycles. The van der Waals surface area contributed by atoms with Gasteiger partial charge in [0.2, 0.25) is 5.82 Å². The Morgan fingerprint density at radius 2 is 1.55 bits per heavy atom. The first-order chi connectivity index (χ1) is 19.1. The molecule has 3 rings (SSSR count). The van der Waals surface area contributed by atoms with Gasteiger partial charge in [-0.1, -0.05) is 0 Å². The van der Waals surface area contributed by atoms with Crippen LogP contribution < -0.4 is 24.3 Å². The fourth-order valence-corrected chi connectivity index (χ4v) is 4.60. The molecule has 1 aliphatic heterocycles. The van der Waals surface area contributed by atoms with Crippen LogP contribution in [0.3, 0.4) is 0 Å². The molecule has 10 heteroatoms. The lowest BCUT2D eigenvalue weighted by Crippen LogP contribution is -2.45. The SMILES string of the molecule is CCOC(=O)C(C)(C)Oc1cc(OC)cc(C(=O)N(Cc2cc(OCC)c(F)c(OCC)c2)C2CCNCC2)c1. The molecule has 1 heterocycles. The van der Waals surface area contributed by atoms with Crippen LogP contribution in [0.5, 0.6) is 23.0 Å². The van der Waals surface area contributed by atoms with Crippen molar-refractivity contribution in [2.75, 3.05) is 40.0 Å². The Morgan fingerprint density at radius 1 is 0.950 bits per heavy atom. The lowest BCUT2D eigenvalue weighted by molar-refractivity contribution is -0.158. The van der Waals surface area contributed by atoms with E-state index in [2.05, 4.69) is 5.32 Å². The molecule has 0 aliphatic carbocycles. The monoisotopic (exact) mass is 560 g/mol. The summed E-state index contributed by atoms with van der Waals surface area (Å²) in [5, 5.41) is 3.33. The normalized spacial score (nSPS) is 13.9. The van der Waals surface area contributed by atoms with Crippen molar-refractivity contribution in [3.63, 3.8) is 0 Å². The molecule has 1 aliphatic rings. The molecule has 1 fully saturated rings. The van der Waals surface area contributed by atoms with Crippen molar-refractivity contribution in [3.8, 4) is 23.0 Å². The van der Waals surface area contributed by atoms with Gasteiger partial charge in [0.25, 0.3) is 5.91 Å². The number of methoxy groups -OCH3 is 1. The molecule has 9 nitrogen and oxygen atoms in total. The average Bonchev–Trinajstić information content (AvgIpc) is 2.94. The van der Waals surface area contributed by atoms with Crippen LogP contribution in [-0.4, -0.2) is 68.4 Å². The molecule has 0 radical (unpaired) electrons. The van der Waals surface area contributed by atoms with Crippen LogP contribution in [0.15, 0.2) is 30.3 Å². The summed E-state index contributed by atoms with van der Waals surface area (Å²) in [6.45, 7) is 11.0. The number of piperidine rings is 1. The Labute approximate surface area is 235 Å². The van der Waals surface area contributed by atoms with Crippen molar-refractivity contribution in [1.29, 1.82) is 0 Å². The molecule has 1 saturated heterocycles. The second kappa shape index (κ2) is 14.2. The summed E-state index contributed by atoms with van der Waals surface area (Å²) >= 11 is 0. The number of rotatable bonds is 13. The van der Waals surface area contributed by atoms with Crippen molar-refractivity contribution in [1.82, 2.24) is 10.2 Å². The number of esters is 1. The summed E-state index contributed by atoms with van der Waals surface area (Å²) in [7, 11) is 1.50. The van der Waals surface area contributed by atoms with Crippen LogP contribution in [0, 0.1) is 5.82 Å². The van der Waals surface area contributed by atoms with E-state index in [0.29, 0.717) is 22.6 Å². The summed E-state index contributed by atoms with van der Waals surface area (Å²) in [5.41, 5.74) is -0.260. The highest BCUT2D eigenvalue weighted by Crippen LogP contribution is 2.32. The van der Waals surface area contributed by atoms with E-state index in [9.17, 15) is 14.0 Å². The van der Waals surface area contributed by atoms with Gasteiger partial charge >= 0.3 is 5.97 Å². The molecule has 2 aromatic rings. The molecule has 0 unspecified atom stereocenters. The number of hydrogen-bond donors (Lipinski definition) is 1.